The van der Waals surface area contributed by atoms with Crippen LogP contribution in [0.2, 0.25) is 0 Å². The Morgan fingerprint density at radius 1 is 1.19 bits per heavy atom. The first-order chi connectivity index (χ1) is 12.9. The first kappa shape index (κ1) is 21.2. The summed E-state index contributed by atoms with van der Waals surface area (Å²) in [6, 6.07) is 3.58. The highest BCUT2D eigenvalue weighted by Crippen LogP contribution is 2.45. The lowest BCUT2D eigenvalue weighted by molar-refractivity contribution is 0.104. The number of guanidine groups is 1. The quantitative estimate of drug-likeness (QED) is 0.452. The minimum atomic E-state index is 0.0124. The lowest BCUT2D eigenvalue weighted by atomic mass is 9.64. The van der Waals surface area contributed by atoms with Crippen LogP contribution in [-0.4, -0.2) is 38.4 Å². The molecule has 0 radical (unpaired) electrons. The van der Waals surface area contributed by atoms with E-state index >= 15 is 0 Å². The lowest BCUT2D eigenvalue weighted by Gasteiger charge is -2.43. The van der Waals surface area contributed by atoms with Crippen molar-refractivity contribution >= 4 is 5.96 Å². The number of benzene rings is 1. The largest absolute Gasteiger partial charge is 0.502 e. The van der Waals surface area contributed by atoms with Crippen molar-refractivity contribution < 1.29 is 14.6 Å². The minimum Gasteiger partial charge on any atom is -0.502 e. The molecule has 0 heterocycles. The van der Waals surface area contributed by atoms with Gasteiger partial charge in [-0.15, -0.1) is 0 Å². The van der Waals surface area contributed by atoms with Gasteiger partial charge in [0.2, 0.25) is 5.75 Å². The van der Waals surface area contributed by atoms with Gasteiger partial charge in [0.05, 0.1) is 20.8 Å². The molecule has 1 aromatic rings. The predicted molar refractivity (Wildman–Crippen MR) is 110 cm³/mol. The first-order valence-corrected chi connectivity index (χ1v) is 9.89. The lowest BCUT2D eigenvalue weighted by Crippen LogP contribution is -2.47. The van der Waals surface area contributed by atoms with Crippen molar-refractivity contribution in [2.75, 3.05) is 27.3 Å². The van der Waals surface area contributed by atoms with E-state index in [1.54, 1.807) is 12.1 Å². The summed E-state index contributed by atoms with van der Waals surface area (Å²) in [4.78, 5) is 4.71. The summed E-state index contributed by atoms with van der Waals surface area (Å²) < 4.78 is 10.4. The van der Waals surface area contributed by atoms with Gasteiger partial charge in [0.1, 0.15) is 0 Å². The van der Waals surface area contributed by atoms with Crippen molar-refractivity contribution in [1.82, 2.24) is 10.6 Å². The molecule has 6 nitrogen and oxygen atoms in total. The van der Waals surface area contributed by atoms with E-state index in [0.29, 0.717) is 29.4 Å². The fourth-order valence-corrected chi connectivity index (χ4v) is 3.82. The smallest absolute Gasteiger partial charge is 0.200 e. The number of nitrogens with zero attached hydrogens (tertiary/aromatic N) is 1. The number of ether oxygens (including phenoxy) is 2. The minimum absolute atomic E-state index is 0.0124. The van der Waals surface area contributed by atoms with Gasteiger partial charge in [-0.2, -0.15) is 0 Å². The molecule has 0 aromatic heterocycles. The van der Waals surface area contributed by atoms with Crippen LogP contribution in [0.1, 0.15) is 52.0 Å². The van der Waals surface area contributed by atoms with Gasteiger partial charge in [-0.05, 0) is 55.2 Å². The van der Waals surface area contributed by atoms with Crippen molar-refractivity contribution in [3.63, 3.8) is 0 Å². The van der Waals surface area contributed by atoms with Crippen LogP contribution in [0.5, 0.6) is 17.2 Å². The van der Waals surface area contributed by atoms with E-state index in [-0.39, 0.29) is 5.75 Å². The summed E-state index contributed by atoms with van der Waals surface area (Å²) in [5, 5.41) is 16.9. The zero-order valence-electron chi connectivity index (χ0n) is 17.4. The van der Waals surface area contributed by atoms with Crippen molar-refractivity contribution in [2.45, 2.75) is 53.0 Å². The number of phenolic OH excluding ortho intramolecular Hbond substituents is 1. The summed E-state index contributed by atoms with van der Waals surface area (Å²) >= 11 is 0. The fraction of sp³-hybridized carbons (Fsp3) is 0.667. The van der Waals surface area contributed by atoms with E-state index in [1.807, 2.05) is 0 Å². The second kappa shape index (κ2) is 9.72. The molecule has 0 saturated heterocycles. The van der Waals surface area contributed by atoms with Crippen molar-refractivity contribution in [2.24, 2.45) is 16.3 Å². The summed E-state index contributed by atoms with van der Waals surface area (Å²) in [6.07, 6.45) is 5.18. The maximum absolute atomic E-state index is 10.0. The Kier molecular flexibility index (Phi) is 7.63. The summed E-state index contributed by atoms with van der Waals surface area (Å²) in [5.41, 5.74) is 1.33. The van der Waals surface area contributed by atoms with Crippen LogP contribution in [0.15, 0.2) is 17.1 Å². The molecule has 1 aliphatic carbocycles. The van der Waals surface area contributed by atoms with E-state index < -0.39 is 0 Å². The number of phenols is 1. The second-order valence-electron chi connectivity index (χ2n) is 7.85. The van der Waals surface area contributed by atoms with Crippen LogP contribution >= 0.6 is 0 Å². The van der Waals surface area contributed by atoms with Crippen LogP contribution in [0.4, 0.5) is 0 Å². The molecule has 27 heavy (non-hydrogen) atoms. The van der Waals surface area contributed by atoms with Gasteiger partial charge < -0.3 is 25.2 Å². The number of rotatable bonds is 9. The highest BCUT2D eigenvalue weighted by atomic mass is 16.5. The maximum Gasteiger partial charge on any atom is 0.200 e. The zero-order valence-corrected chi connectivity index (χ0v) is 17.4. The molecule has 0 spiro atoms. The first-order valence-electron chi connectivity index (χ1n) is 9.89. The van der Waals surface area contributed by atoms with Crippen LogP contribution in [0, 0.1) is 11.3 Å². The van der Waals surface area contributed by atoms with E-state index in [9.17, 15) is 5.11 Å². The molecular formula is C21H35N3O3. The molecule has 1 aliphatic rings. The molecule has 0 atom stereocenters. The van der Waals surface area contributed by atoms with Gasteiger partial charge in [0.25, 0.3) is 0 Å². The Balaban J connectivity index is 2.07. The maximum atomic E-state index is 10.0. The van der Waals surface area contributed by atoms with Crippen LogP contribution in [-0.2, 0) is 6.54 Å². The summed E-state index contributed by atoms with van der Waals surface area (Å²) in [7, 11) is 3.06. The highest BCUT2D eigenvalue weighted by molar-refractivity contribution is 5.79. The van der Waals surface area contributed by atoms with Crippen LogP contribution in [0.25, 0.3) is 0 Å². The van der Waals surface area contributed by atoms with Gasteiger partial charge >= 0.3 is 0 Å². The molecule has 3 N–H and O–H groups in total. The topological polar surface area (TPSA) is 75.1 Å². The standard InChI is InChI=1S/C21H35N3O3/c1-6-22-20(24-14-21(8-7-9-21)12-15(2)3)23-13-16-10-17(26-4)19(25)18(11-16)27-5/h10-11,15,25H,6-9,12-14H2,1-5H3,(H2,22,23,24). The average Bonchev–Trinajstić information content (AvgIpc) is 2.61. The molecule has 0 bridgehead atoms. The van der Waals surface area contributed by atoms with E-state index in [1.165, 1.54) is 39.9 Å². The molecule has 152 valence electrons. The molecule has 2 rings (SSSR count). The predicted octanol–water partition coefficient (Wildman–Crippen LogP) is 3.68. The van der Waals surface area contributed by atoms with Gasteiger partial charge in [-0.25, -0.2) is 4.99 Å². The molecule has 0 amide bonds. The van der Waals surface area contributed by atoms with Gasteiger partial charge in [-0.3, -0.25) is 0 Å². The second-order valence-corrected chi connectivity index (χ2v) is 7.85. The SMILES string of the molecule is CCNC(=NCc1cc(OC)c(O)c(OC)c1)NCC1(CC(C)C)CCC1. The van der Waals surface area contributed by atoms with Gasteiger partial charge in [-0.1, -0.05) is 20.3 Å². The van der Waals surface area contributed by atoms with E-state index in [0.717, 1.165) is 24.6 Å². The Bertz CT molecular complexity index is 615. The number of aliphatic imine (C=N–C) groups is 1. The van der Waals surface area contributed by atoms with Crippen molar-refractivity contribution in [3.05, 3.63) is 17.7 Å². The fourth-order valence-electron chi connectivity index (χ4n) is 3.82. The summed E-state index contributed by atoms with van der Waals surface area (Å²) in [5.74, 6) is 2.33. The van der Waals surface area contributed by atoms with Crippen LogP contribution in [0.3, 0.4) is 0 Å². The van der Waals surface area contributed by atoms with E-state index in [2.05, 4.69) is 31.4 Å². The van der Waals surface area contributed by atoms with E-state index in [4.69, 9.17) is 14.5 Å². The molecule has 0 unspecified atom stereocenters. The number of nitrogens with one attached hydrogen (secondary N) is 2. The molecule has 1 fully saturated rings. The van der Waals surface area contributed by atoms with Gasteiger partial charge in [0, 0.05) is 13.1 Å². The Morgan fingerprint density at radius 3 is 2.26 bits per heavy atom. The Labute approximate surface area is 163 Å². The molecule has 0 aliphatic heterocycles. The Hall–Kier alpha value is -2.11. The monoisotopic (exact) mass is 377 g/mol. The molecule has 6 heteroatoms. The van der Waals surface area contributed by atoms with Crippen molar-refractivity contribution in [3.8, 4) is 17.2 Å². The normalized spacial score (nSPS) is 16.0. The summed E-state index contributed by atoms with van der Waals surface area (Å²) in [6.45, 7) is 8.90. The molecule has 1 saturated carbocycles. The zero-order chi connectivity index (χ0) is 19.9. The molecular weight excluding hydrogens is 342 g/mol. The van der Waals surface area contributed by atoms with Crippen LogP contribution < -0.4 is 20.1 Å². The number of hydrogen-bond acceptors (Lipinski definition) is 4. The third kappa shape index (κ3) is 5.68. The third-order valence-corrected chi connectivity index (χ3v) is 5.19. The number of hydrogen-bond donors (Lipinski definition) is 3. The highest BCUT2D eigenvalue weighted by Gasteiger charge is 2.37. The van der Waals surface area contributed by atoms with Gasteiger partial charge in [0.15, 0.2) is 17.5 Å². The number of methoxy groups -OCH3 is 2. The van der Waals surface area contributed by atoms with Crippen molar-refractivity contribution in [1.29, 1.82) is 0 Å². The Morgan fingerprint density at radius 2 is 1.81 bits per heavy atom. The third-order valence-electron chi connectivity index (χ3n) is 5.19. The number of aromatic hydroxyl groups is 1. The average molecular weight is 378 g/mol. The molecule has 1 aromatic carbocycles.